The quantitative estimate of drug-likeness (QED) is 0.586. The summed E-state index contributed by atoms with van der Waals surface area (Å²) < 4.78 is 12.3. The summed E-state index contributed by atoms with van der Waals surface area (Å²) in [6, 6.07) is 1.88. The van der Waals surface area contributed by atoms with Crippen LogP contribution in [0, 0.1) is 6.92 Å². The molecule has 1 atom stereocenters. The van der Waals surface area contributed by atoms with Crippen molar-refractivity contribution in [1.82, 2.24) is 20.1 Å². The number of furan rings is 1. The molecule has 2 heterocycles. The van der Waals surface area contributed by atoms with Crippen LogP contribution in [-0.4, -0.2) is 46.2 Å². The molecule has 0 spiro atoms. The zero-order valence-electron chi connectivity index (χ0n) is 13.8. The predicted molar refractivity (Wildman–Crippen MR) is 88.3 cm³/mol. The van der Waals surface area contributed by atoms with Gasteiger partial charge in [0.1, 0.15) is 5.76 Å². The smallest absolute Gasteiger partial charge is 0.233 e. The molecule has 1 N–H and O–H groups in total. The van der Waals surface area contributed by atoms with Gasteiger partial charge in [0.25, 0.3) is 0 Å². The highest BCUT2D eigenvalue weighted by molar-refractivity contribution is 8.00. The zero-order valence-corrected chi connectivity index (χ0v) is 14.6. The molecule has 0 aliphatic heterocycles. The Hall–Kier alpha value is -1.80. The van der Waals surface area contributed by atoms with Gasteiger partial charge in [-0.15, -0.1) is 10.2 Å². The lowest BCUT2D eigenvalue weighted by Gasteiger charge is -2.12. The van der Waals surface area contributed by atoms with Crippen LogP contribution in [0.15, 0.2) is 21.9 Å². The topological polar surface area (TPSA) is 82.2 Å². The van der Waals surface area contributed by atoms with E-state index < -0.39 is 0 Å². The van der Waals surface area contributed by atoms with Crippen LogP contribution in [0.4, 0.5) is 0 Å². The number of amides is 1. The Labute approximate surface area is 139 Å². The summed E-state index contributed by atoms with van der Waals surface area (Å²) in [5.41, 5.74) is 0.920. The van der Waals surface area contributed by atoms with E-state index in [1.54, 1.807) is 13.4 Å². The summed E-state index contributed by atoms with van der Waals surface area (Å²) in [5.74, 6) is 1.51. The van der Waals surface area contributed by atoms with Crippen molar-refractivity contribution in [3.05, 3.63) is 18.1 Å². The Bertz CT molecular complexity index is 653. The summed E-state index contributed by atoms with van der Waals surface area (Å²) >= 11 is 1.39. The molecule has 0 bridgehead atoms. The first-order valence-corrected chi connectivity index (χ1v) is 8.37. The number of aryl methyl sites for hydroxylation is 1. The van der Waals surface area contributed by atoms with Gasteiger partial charge in [-0.3, -0.25) is 4.79 Å². The molecule has 2 aromatic heterocycles. The highest BCUT2D eigenvalue weighted by Crippen LogP contribution is 2.28. The van der Waals surface area contributed by atoms with Crippen molar-refractivity contribution in [1.29, 1.82) is 0 Å². The lowest BCUT2D eigenvalue weighted by Crippen LogP contribution is -2.33. The van der Waals surface area contributed by atoms with Crippen LogP contribution >= 0.6 is 11.8 Å². The number of ether oxygens (including phenoxy) is 1. The van der Waals surface area contributed by atoms with E-state index in [9.17, 15) is 4.79 Å². The lowest BCUT2D eigenvalue weighted by molar-refractivity contribution is -0.120. The molecule has 0 aromatic carbocycles. The molecule has 1 amide bonds. The van der Waals surface area contributed by atoms with Crippen molar-refractivity contribution >= 4 is 17.7 Å². The SMILES string of the molecule is CCn1c(S[C@@H](C)C(=O)NCCOC)nnc1-c1ccoc1C. The summed E-state index contributed by atoms with van der Waals surface area (Å²) in [6.07, 6.45) is 1.64. The number of methoxy groups -OCH3 is 1. The Kier molecular flexibility index (Phi) is 6.23. The van der Waals surface area contributed by atoms with Crippen molar-refractivity contribution in [2.24, 2.45) is 0 Å². The van der Waals surface area contributed by atoms with Crippen LogP contribution < -0.4 is 5.32 Å². The maximum absolute atomic E-state index is 12.1. The van der Waals surface area contributed by atoms with Crippen molar-refractivity contribution in [2.45, 2.75) is 37.7 Å². The summed E-state index contributed by atoms with van der Waals surface area (Å²) in [4.78, 5) is 12.1. The Morgan fingerprint density at radius 3 is 2.91 bits per heavy atom. The minimum atomic E-state index is -0.264. The minimum Gasteiger partial charge on any atom is -0.469 e. The highest BCUT2D eigenvalue weighted by Gasteiger charge is 2.21. The molecule has 0 radical (unpaired) electrons. The van der Waals surface area contributed by atoms with E-state index in [1.165, 1.54) is 11.8 Å². The van der Waals surface area contributed by atoms with Gasteiger partial charge >= 0.3 is 0 Å². The van der Waals surface area contributed by atoms with Crippen molar-refractivity contribution in [3.63, 3.8) is 0 Å². The van der Waals surface area contributed by atoms with Gasteiger partial charge in [-0.2, -0.15) is 0 Å². The van der Waals surface area contributed by atoms with Gasteiger partial charge in [-0.1, -0.05) is 11.8 Å². The highest BCUT2D eigenvalue weighted by atomic mass is 32.2. The van der Waals surface area contributed by atoms with Crippen LogP contribution in [0.3, 0.4) is 0 Å². The van der Waals surface area contributed by atoms with Gasteiger partial charge in [0, 0.05) is 20.2 Å². The van der Waals surface area contributed by atoms with Crippen molar-refractivity contribution in [2.75, 3.05) is 20.3 Å². The van der Waals surface area contributed by atoms with E-state index in [0.29, 0.717) is 19.7 Å². The normalized spacial score (nSPS) is 12.3. The van der Waals surface area contributed by atoms with E-state index in [1.807, 2.05) is 31.4 Å². The molecular weight excluding hydrogens is 316 g/mol. The first-order valence-electron chi connectivity index (χ1n) is 7.49. The first kappa shape index (κ1) is 17.6. The van der Waals surface area contributed by atoms with Gasteiger partial charge < -0.3 is 19.0 Å². The predicted octanol–water partition coefficient (Wildman–Crippen LogP) is 2.11. The first-order chi connectivity index (χ1) is 11.1. The fraction of sp³-hybridized carbons (Fsp3) is 0.533. The molecule has 23 heavy (non-hydrogen) atoms. The molecule has 0 fully saturated rings. The van der Waals surface area contributed by atoms with Gasteiger partial charge in [0.15, 0.2) is 11.0 Å². The summed E-state index contributed by atoms with van der Waals surface area (Å²) in [5, 5.41) is 11.8. The third kappa shape index (κ3) is 4.14. The largest absolute Gasteiger partial charge is 0.469 e. The molecule has 2 rings (SSSR count). The number of carbonyl (C=O) groups is 1. The maximum atomic E-state index is 12.1. The van der Waals surface area contributed by atoms with Gasteiger partial charge in [-0.05, 0) is 26.8 Å². The monoisotopic (exact) mass is 338 g/mol. The van der Waals surface area contributed by atoms with Crippen molar-refractivity contribution < 1.29 is 13.9 Å². The molecule has 0 aliphatic carbocycles. The molecular formula is C15H22N4O3S. The van der Waals surface area contributed by atoms with Crippen molar-refractivity contribution in [3.8, 4) is 11.4 Å². The second-order valence-electron chi connectivity index (χ2n) is 4.98. The zero-order chi connectivity index (χ0) is 16.8. The molecule has 7 nitrogen and oxygen atoms in total. The molecule has 0 aliphatic rings. The number of hydrogen-bond donors (Lipinski definition) is 1. The number of rotatable bonds is 8. The van der Waals surface area contributed by atoms with E-state index in [4.69, 9.17) is 9.15 Å². The molecule has 0 unspecified atom stereocenters. The van der Waals surface area contributed by atoms with Crippen LogP contribution in [0.5, 0.6) is 0 Å². The Morgan fingerprint density at radius 2 is 2.30 bits per heavy atom. The second kappa shape index (κ2) is 8.16. The third-order valence-electron chi connectivity index (χ3n) is 3.39. The summed E-state index contributed by atoms with van der Waals surface area (Å²) in [6.45, 7) is 7.48. The Balaban J connectivity index is 2.10. The van der Waals surface area contributed by atoms with Crippen LogP contribution in [0.25, 0.3) is 11.4 Å². The van der Waals surface area contributed by atoms with E-state index in [-0.39, 0.29) is 11.2 Å². The average molecular weight is 338 g/mol. The lowest BCUT2D eigenvalue weighted by atomic mass is 10.2. The molecule has 2 aromatic rings. The standard InChI is InChI=1S/C15H22N4O3S/c1-5-19-13(12-6-8-22-10(12)2)17-18-15(19)23-11(3)14(20)16-7-9-21-4/h6,8,11H,5,7,9H2,1-4H3,(H,16,20)/t11-/m0/s1. The second-order valence-corrected chi connectivity index (χ2v) is 6.29. The Morgan fingerprint density at radius 1 is 1.52 bits per heavy atom. The number of carbonyl (C=O) groups excluding carboxylic acids is 1. The molecule has 8 heteroatoms. The van der Waals surface area contributed by atoms with E-state index >= 15 is 0 Å². The summed E-state index contributed by atoms with van der Waals surface area (Å²) in [7, 11) is 1.60. The average Bonchev–Trinajstić information content (AvgIpc) is 3.12. The van der Waals surface area contributed by atoms with Crippen LogP contribution in [0.2, 0.25) is 0 Å². The number of nitrogens with zero attached hydrogens (tertiary/aromatic N) is 3. The number of nitrogens with one attached hydrogen (secondary N) is 1. The molecule has 126 valence electrons. The molecule has 0 saturated carbocycles. The van der Waals surface area contributed by atoms with Gasteiger partial charge in [0.2, 0.25) is 5.91 Å². The maximum Gasteiger partial charge on any atom is 0.233 e. The van der Waals surface area contributed by atoms with Gasteiger partial charge in [0.05, 0.1) is 23.7 Å². The van der Waals surface area contributed by atoms with Gasteiger partial charge in [-0.25, -0.2) is 0 Å². The van der Waals surface area contributed by atoms with E-state index in [0.717, 1.165) is 22.3 Å². The number of hydrogen-bond acceptors (Lipinski definition) is 6. The molecule has 0 saturated heterocycles. The number of thioether (sulfide) groups is 1. The van der Waals surface area contributed by atoms with Crippen LogP contribution in [0.1, 0.15) is 19.6 Å². The van der Waals surface area contributed by atoms with Crippen LogP contribution in [-0.2, 0) is 16.1 Å². The fourth-order valence-corrected chi connectivity index (χ4v) is 3.05. The third-order valence-corrected chi connectivity index (χ3v) is 4.47. The fourth-order valence-electron chi connectivity index (χ4n) is 2.11. The van der Waals surface area contributed by atoms with E-state index in [2.05, 4.69) is 15.5 Å². The number of aromatic nitrogens is 3. The minimum absolute atomic E-state index is 0.0428.